The molecule has 0 radical (unpaired) electrons. The van der Waals surface area contributed by atoms with Gasteiger partial charge in [-0.15, -0.1) is 0 Å². The number of fused-ring (bicyclic) bond motifs is 1. The Balaban J connectivity index is 2.49. The van der Waals surface area contributed by atoms with Crippen molar-refractivity contribution in [3.8, 4) is 0 Å². The molecule has 1 aliphatic rings. The van der Waals surface area contributed by atoms with Gasteiger partial charge >= 0.3 is 5.69 Å². The maximum Gasteiger partial charge on any atom is 0.330 e. The third kappa shape index (κ3) is 1.98. The Morgan fingerprint density at radius 1 is 1.56 bits per heavy atom. The van der Waals surface area contributed by atoms with E-state index >= 15 is 0 Å². The number of aromatic nitrogens is 2. The highest BCUT2D eigenvalue weighted by molar-refractivity contribution is 9.10. The molecule has 0 bridgehead atoms. The molecule has 0 amide bonds. The second-order valence-corrected chi connectivity index (χ2v) is 4.38. The van der Waals surface area contributed by atoms with Crippen LogP contribution in [0.25, 0.3) is 0 Å². The van der Waals surface area contributed by atoms with E-state index in [1.165, 1.54) is 4.57 Å². The van der Waals surface area contributed by atoms with Gasteiger partial charge < -0.3 is 9.84 Å². The molecule has 16 heavy (non-hydrogen) atoms. The average Bonchev–Trinajstić information content (AvgIpc) is 2.48. The van der Waals surface area contributed by atoms with Gasteiger partial charge in [0.25, 0.3) is 5.56 Å². The summed E-state index contributed by atoms with van der Waals surface area (Å²) in [4.78, 5) is 25.1. The fraction of sp³-hybridized carbons (Fsp3) is 0.556. The number of aliphatic hydroxyl groups is 1. The maximum absolute atomic E-state index is 11.5. The van der Waals surface area contributed by atoms with Crippen LogP contribution in [0, 0.1) is 0 Å². The molecule has 0 saturated heterocycles. The van der Waals surface area contributed by atoms with Gasteiger partial charge in [-0.1, -0.05) is 0 Å². The minimum Gasteiger partial charge on any atom is -0.394 e. The van der Waals surface area contributed by atoms with Gasteiger partial charge in [-0.2, -0.15) is 0 Å². The predicted molar refractivity (Wildman–Crippen MR) is 59.3 cm³/mol. The number of H-pyrrole nitrogens is 1. The molecule has 0 spiro atoms. The van der Waals surface area contributed by atoms with Crippen molar-refractivity contribution in [2.24, 2.45) is 0 Å². The van der Waals surface area contributed by atoms with Crippen molar-refractivity contribution in [1.29, 1.82) is 0 Å². The van der Waals surface area contributed by atoms with Crippen LogP contribution in [0.15, 0.2) is 14.1 Å². The maximum atomic E-state index is 11.5. The van der Waals surface area contributed by atoms with E-state index in [-0.39, 0.29) is 19.4 Å². The van der Waals surface area contributed by atoms with E-state index in [4.69, 9.17) is 9.84 Å². The molecule has 2 N–H and O–H groups in total. The SMILES string of the molecule is O=c1[nH]c(=O)n2c(c1Br)CCC(CO)OC2. The molecule has 1 aliphatic heterocycles. The van der Waals surface area contributed by atoms with Crippen LogP contribution < -0.4 is 11.2 Å². The third-order valence-corrected chi connectivity index (χ3v) is 3.41. The molecule has 2 heterocycles. The summed E-state index contributed by atoms with van der Waals surface area (Å²) in [6, 6.07) is 0. The highest BCUT2D eigenvalue weighted by Crippen LogP contribution is 2.17. The lowest BCUT2D eigenvalue weighted by atomic mass is 10.1. The second kappa shape index (κ2) is 4.52. The Bertz CT molecular complexity index is 507. The van der Waals surface area contributed by atoms with Crippen molar-refractivity contribution in [3.05, 3.63) is 31.0 Å². The normalized spacial score (nSPS) is 20.2. The molecule has 1 unspecified atom stereocenters. The van der Waals surface area contributed by atoms with E-state index in [1.54, 1.807) is 0 Å². The number of hydrogen-bond donors (Lipinski definition) is 2. The van der Waals surface area contributed by atoms with Crippen molar-refractivity contribution in [2.75, 3.05) is 6.61 Å². The predicted octanol–water partition coefficient (Wildman–Crippen LogP) is -0.420. The first-order chi connectivity index (χ1) is 7.63. The number of aromatic amines is 1. The van der Waals surface area contributed by atoms with Crippen molar-refractivity contribution >= 4 is 15.9 Å². The summed E-state index contributed by atoms with van der Waals surface area (Å²) in [6.45, 7) is -0.0386. The Morgan fingerprint density at radius 3 is 3.00 bits per heavy atom. The summed E-state index contributed by atoms with van der Waals surface area (Å²) in [5, 5.41) is 8.99. The topological polar surface area (TPSA) is 84.3 Å². The zero-order chi connectivity index (χ0) is 11.7. The summed E-state index contributed by atoms with van der Waals surface area (Å²) in [5.74, 6) is 0. The zero-order valence-electron chi connectivity index (χ0n) is 8.40. The summed E-state index contributed by atoms with van der Waals surface area (Å²) in [6.07, 6.45) is 0.810. The molecular weight excluding hydrogens is 280 g/mol. The van der Waals surface area contributed by atoms with Gasteiger partial charge in [0.15, 0.2) is 0 Å². The number of nitrogens with one attached hydrogen (secondary N) is 1. The quantitative estimate of drug-likeness (QED) is 0.736. The molecule has 0 aromatic carbocycles. The van der Waals surface area contributed by atoms with E-state index in [1.807, 2.05) is 0 Å². The summed E-state index contributed by atoms with van der Waals surface area (Å²) in [5.41, 5.74) is -0.301. The van der Waals surface area contributed by atoms with Gasteiger partial charge in [0.2, 0.25) is 0 Å². The summed E-state index contributed by atoms with van der Waals surface area (Å²) in [7, 11) is 0. The Kier molecular flexibility index (Phi) is 3.27. The molecule has 0 aliphatic carbocycles. The van der Waals surface area contributed by atoms with E-state index in [2.05, 4.69) is 20.9 Å². The first-order valence-electron chi connectivity index (χ1n) is 4.87. The molecule has 1 aromatic heterocycles. The molecule has 88 valence electrons. The third-order valence-electron chi connectivity index (χ3n) is 2.59. The monoisotopic (exact) mass is 290 g/mol. The standard InChI is InChI=1S/C9H11BrN2O4/c10-7-6-2-1-5(3-13)16-4-12(6)9(15)11-8(7)14/h5,13H,1-4H2,(H,11,14,15). The van der Waals surface area contributed by atoms with E-state index in [0.29, 0.717) is 23.0 Å². The molecule has 1 aromatic rings. The Morgan fingerprint density at radius 2 is 2.31 bits per heavy atom. The molecule has 0 saturated carbocycles. The van der Waals surface area contributed by atoms with Gasteiger partial charge in [-0.25, -0.2) is 4.79 Å². The lowest BCUT2D eigenvalue weighted by Crippen LogP contribution is -2.33. The lowest BCUT2D eigenvalue weighted by Gasteiger charge is -2.10. The number of hydrogen-bond acceptors (Lipinski definition) is 4. The lowest BCUT2D eigenvalue weighted by molar-refractivity contribution is -0.0214. The molecule has 0 fully saturated rings. The minimum absolute atomic E-state index is 0.0504. The number of aliphatic hydroxyl groups excluding tert-OH is 1. The first kappa shape index (κ1) is 11.6. The Hall–Kier alpha value is -0.920. The molecule has 7 heteroatoms. The summed E-state index contributed by atoms with van der Waals surface area (Å²) >= 11 is 3.16. The highest BCUT2D eigenvalue weighted by atomic mass is 79.9. The largest absolute Gasteiger partial charge is 0.394 e. The second-order valence-electron chi connectivity index (χ2n) is 3.59. The highest BCUT2D eigenvalue weighted by Gasteiger charge is 2.20. The Labute approximate surface area is 99.0 Å². The van der Waals surface area contributed by atoms with Crippen LogP contribution in [0.2, 0.25) is 0 Å². The molecule has 2 rings (SSSR count). The van der Waals surface area contributed by atoms with E-state index in [0.717, 1.165) is 0 Å². The number of ether oxygens (including phenoxy) is 1. The fourth-order valence-electron chi connectivity index (χ4n) is 1.68. The van der Waals surface area contributed by atoms with Gasteiger partial charge in [0, 0.05) is 5.69 Å². The number of halogens is 1. The number of rotatable bonds is 1. The van der Waals surface area contributed by atoms with Crippen molar-refractivity contribution in [2.45, 2.75) is 25.7 Å². The van der Waals surface area contributed by atoms with Crippen LogP contribution in [-0.4, -0.2) is 27.4 Å². The average molecular weight is 291 g/mol. The first-order valence-corrected chi connectivity index (χ1v) is 5.66. The van der Waals surface area contributed by atoms with Crippen molar-refractivity contribution in [3.63, 3.8) is 0 Å². The molecule has 1 atom stereocenters. The van der Waals surface area contributed by atoms with E-state index < -0.39 is 11.2 Å². The van der Waals surface area contributed by atoms with Gasteiger partial charge in [0.1, 0.15) is 11.2 Å². The van der Waals surface area contributed by atoms with Gasteiger partial charge in [-0.3, -0.25) is 14.3 Å². The fourth-order valence-corrected chi connectivity index (χ4v) is 2.19. The number of nitrogens with zero attached hydrogens (tertiary/aromatic N) is 1. The zero-order valence-corrected chi connectivity index (χ0v) is 9.99. The van der Waals surface area contributed by atoms with Crippen LogP contribution in [0.5, 0.6) is 0 Å². The van der Waals surface area contributed by atoms with E-state index in [9.17, 15) is 9.59 Å². The van der Waals surface area contributed by atoms with Crippen LogP contribution in [0.1, 0.15) is 12.1 Å². The molecular formula is C9H11BrN2O4. The minimum atomic E-state index is -0.484. The van der Waals surface area contributed by atoms with Gasteiger partial charge in [0.05, 0.1) is 12.7 Å². The van der Waals surface area contributed by atoms with Crippen molar-refractivity contribution < 1.29 is 9.84 Å². The smallest absolute Gasteiger partial charge is 0.330 e. The summed E-state index contributed by atoms with van der Waals surface area (Å²) < 4.78 is 7.04. The van der Waals surface area contributed by atoms with Crippen LogP contribution >= 0.6 is 15.9 Å². The van der Waals surface area contributed by atoms with Crippen LogP contribution in [0.4, 0.5) is 0 Å². The molecule has 6 nitrogen and oxygen atoms in total. The van der Waals surface area contributed by atoms with Crippen LogP contribution in [-0.2, 0) is 17.9 Å². The van der Waals surface area contributed by atoms with Crippen molar-refractivity contribution in [1.82, 2.24) is 9.55 Å². The van der Waals surface area contributed by atoms with Gasteiger partial charge in [-0.05, 0) is 28.8 Å². The van der Waals surface area contributed by atoms with Crippen LogP contribution in [0.3, 0.4) is 0 Å².